The number of nitrogens with two attached hydrogens (primary N) is 1. The SMILES string of the molecule is CCn1c(-c2ccccc2CCN)nc2cc(F)ccc21. The number of rotatable bonds is 4. The lowest BCUT2D eigenvalue weighted by Gasteiger charge is -2.10. The van der Waals surface area contributed by atoms with Gasteiger partial charge in [0.05, 0.1) is 11.0 Å². The summed E-state index contributed by atoms with van der Waals surface area (Å²) in [6, 6.07) is 12.9. The van der Waals surface area contributed by atoms with E-state index in [1.54, 1.807) is 6.07 Å². The lowest BCUT2D eigenvalue weighted by molar-refractivity contribution is 0.629. The molecule has 0 spiro atoms. The van der Waals surface area contributed by atoms with Gasteiger partial charge in [0.15, 0.2) is 0 Å². The Bertz CT molecular complexity index is 777. The number of benzene rings is 2. The summed E-state index contributed by atoms with van der Waals surface area (Å²) in [6.07, 6.45) is 0.803. The lowest BCUT2D eigenvalue weighted by atomic mass is 10.0. The Morgan fingerprint density at radius 3 is 2.76 bits per heavy atom. The molecule has 0 saturated heterocycles. The summed E-state index contributed by atoms with van der Waals surface area (Å²) in [5.74, 6) is 0.618. The molecule has 0 fully saturated rings. The smallest absolute Gasteiger partial charge is 0.141 e. The maximum atomic E-state index is 13.4. The predicted octanol–water partition coefficient (Wildman–Crippen LogP) is 3.36. The molecule has 3 aromatic rings. The van der Waals surface area contributed by atoms with E-state index < -0.39 is 0 Å². The minimum Gasteiger partial charge on any atom is -0.330 e. The van der Waals surface area contributed by atoms with Crippen LogP contribution in [-0.2, 0) is 13.0 Å². The zero-order valence-corrected chi connectivity index (χ0v) is 12.0. The van der Waals surface area contributed by atoms with Gasteiger partial charge in [-0.2, -0.15) is 0 Å². The molecule has 2 N–H and O–H groups in total. The van der Waals surface area contributed by atoms with Crippen LogP contribution in [-0.4, -0.2) is 16.1 Å². The highest BCUT2D eigenvalue weighted by Crippen LogP contribution is 2.28. The second-order valence-corrected chi connectivity index (χ2v) is 5.01. The Morgan fingerprint density at radius 2 is 2.00 bits per heavy atom. The van der Waals surface area contributed by atoms with E-state index in [0.717, 1.165) is 29.9 Å². The van der Waals surface area contributed by atoms with E-state index in [9.17, 15) is 4.39 Å². The average Bonchev–Trinajstić information content (AvgIpc) is 2.85. The first kappa shape index (κ1) is 13.8. The normalized spacial score (nSPS) is 11.2. The zero-order chi connectivity index (χ0) is 14.8. The minimum absolute atomic E-state index is 0.259. The molecule has 3 rings (SSSR count). The molecule has 0 unspecified atom stereocenters. The van der Waals surface area contributed by atoms with Gasteiger partial charge in [0.1, 0.15) is 11.6 Å². The number of imidazole rings is 1. The van der Waals surface area contributed by atoms with E-state index in [-0.39, 0.29) is 5.82 Å². The van der Waals surface area contributed by atoms with Gasteiger partial charge in [-0.15, -0.1) is 0 Å². The van der Waals surface area contributed by atoms with Crippen LogP contribution in [0.25, 0.3) is 22.4 Å². The molecule has 108 valence electrons. The molecule has 0 radical (unpaired) electrons. The third-order valence-corrected chi connectivity index (χ3v) is 3.70. The van der Waals surface area contributed by atoms with Crippen molar-refractivity contribution in [2.45, 2.75) is 19.9 Å². The summed E-state index contributed by atoms with van der Waals surface area (Å²) < 4.78 is 15.5. The second kappa shape index (κ2) is 5.66. The van der Waals surface area contributed by atoms with Gasteiger partial charge in [0.2, 0.25) is 0 Å². The maximum absolute atomic E-state index is 13.4. The molecule has 0 bridgehead atoms. The van der Waals surface area contributed by atoms with Gasteiger partial charge in [0.25, 0.3) is 0 Å². The highest BCUT2D eigenvalue weighted by Gasteiger charge is 2.14. The van der Waals surface area contributed by atoms with Crippen molar-refractivity contribution in [2.24, 2.45) is 5.73 Å². The summed E-state index contributed by atoms with van der Waals surface area (Å²) in [6.45, 7) is 3.45. The average molecular weight is 283 g/mol. The van der Waals surface area contributed by atoms with Crippen molar-refractivity contribution < 1.29 is 4.39 Å². The van der Waals surface area contributed by atoms with Gasteiger partial charge in [-0.25, -0.2) is 9.37 Å². The molecular formula is C17H18FN3. The van der Waals surface area contributed by atoms with Crippen LogP contribution in [0.3, 0.4) is 0 Å². The van der Waals surface area contributed by atoms with Crippen LogP contribution in [0.15, 0.2) is 42.5 Å². The molecule has 0 saturated carbocycles. The number of fused-ring (bicyclic) bond motifs is 1. The van der Waals surface area contributed by atoms with Crippen molar-refractivity contribution in [3.05, 3.63) is 53.8 Å². The van der Waals surface area contributed by atoms with Crippen molar-refractivity contribution in [1.82, 2.24) is 9.55 Å². The Morgan fingerprint density at radius 1 is 1.19 bits per heavy atom. The largest absolute Gasteiger partial charge is 0.330 e. The molecular weight excluding hydrogens is 265 g/mol. The minimum atomic E-state index is -0.259. The van der Waals surface area contributed by atoms with Crippen molar-refractivity contribution in [3.63, 3.8) is 0 Å². The quantitative estimate of drug-likeness (QED) is 0.798. The van der Waals surface area contributed by atoms with Crippen molar-refractivity contribution >= 4 is 11.0 Å². The van der Waals surface area contributed by atoms with E-state index >= 15 is 0 Å². The fraction of sp³-hybridized carbons (Fsp3) is 0.235. The summed E-state index contributed by atoms with van der Waals surface area (Å²) in [5.41, 5.74) is 9.58. The predicted molar refractivity (Wildman–Crippen MR) is 83.6 cm³/mol. The second-order valence-electron chi connectivity index (χ2n) is 5.01. The molecule has 0 aliphatic heterocycles. The third-order valence-electron chi connectivity index (χ3n) is 3.70. The number of nitrogens with zero attached hydrogens (tertiary/aromatic N) is 2. The van der Waals surface area contributed by atoms with Crippen molar-refractivity contribution in [2.75, 3.05) is 6.54 Å². The first-order valence-electron chi connectivity index (χ1n) is 7.18. The van der Waals surface area contributed by atoms with Gasteiger partial charge >= 0.3 is 0 Å². The Balaban J connectivity index is 2.25. The van der Waals surface area contributed by atoms with E-state index in [4.69, 9.17) is 5.73 Å². The topological polar surface area (TPSA) is 43.8 Å². The van der Waals surface area contributed by atoms with E-state index in [0.29, 0.717) is 12.1 Å². The molecule has 21 heavy (non-hydrogen) atoms. The monoisotopic (exact) mass is 283 g/mol. The fourth-order valence-corrected chi connectivity index (χ4v) is 2.74. The molecule has 1 aromatic heterocycles. The van der Waals surface area contributed by atoms with Crippen LogP contribution in [0.1, 0.15) is 12.5 Å². The highest BCUT2D eigenvalue weighted by molar-refractivity contribution is 5.81. The van der Waals surface area contributed by atoms with Crippen LogP contribution in [0, 0.1) is 5.82 Å². The van der Waals surface area contributed by atoms with Gasteiger partial charge in [-0.3, -0.25) is 0 Å². The fourth-order valence-electron chi connectivity index (χ4n) is 2.74. The zero-order valence-electron chi connectivity index (χ0n) is 12.0. The summed E-state index contributed by atoms with van der Waals surface area (Å²) in [7, 11) is 0. The van der Waals surface area contributed by atoms with Crippen LogP contribution in [0.4, 0.5) is 4.39 Å². The molecule has 0 amide bonds. The first-order chi connectivity index (χ1) is 10.2. The molecule has 1 heterocycles. The first-order valence-corrected chi connectivity index (χ1v) is 7.18. The maximum Gasteiger partial charge on any atom is 0.141 e. The molecule has 0 aliphatic rings. The Labute approximate surface area is 123 Å². The van der Waals surface area contributed by atoms with Crippen molar-refractivity contribution in [1.29, 1.82) is 0 Å². The third kappa shape index (κ3) is 2.43. The number of halogens is 1. The standard InChI is InChI=1S/C17H18FN3/c1-2-21-16-8-7-13(18)11-15(16)20-17(21)14-6-4-3-5-12(14)9-10-19/h3-8,11H,2,9-10,19H2,1H3. The van der Waals surface area contributed by atoms with Gasteiger partial charge in [-0.1, -0.05) is 24.3 Å². The van der Waals surface area contributed by atoms with Crippen molar-refractivity contribution in [3.8, 4) is 11.4 Å². The Kier molecular flexibility index (Phi) is 3.71. The lowest BCUT2D eigenvalue weighted by Crippen LogP contribution is -2.05. The number of aryl methyl sites for hydroxylation is 1. The molecule has 4 heteroatoms. The summed E-state index contributed by atoms with van der Waals surface area (Å²) in [5, 5.41) is 0. The van der Waals surface area contributed by atoms with E-state index in [2.05, 4.69) is 28.6 Å². The molecule has 3 nitrogen and oxygen atoms in total. The number of hydrogen-bond acceptors (Lipinski definition) is 2. The van der Waals surface area contributed by atoms with Gasteiger partial charge in [-0.05, 0) is 37.6 Å². The summed E-state index contributed by atoms with van der Waals surface area (Å²) >= 11 is 0. The number of hydrogen-bond donors (Lipinski definition) is 1. The molecule has 0 atom stereocenters. The molecule has 2 aromatic carbocycles. The van der Waals surface area contributed by atoms with Crippen LogP contribution < -0.4 is 5.73 Å². The van der Waals surface area contributed by atoms with E-state index in [1.165, 1.54) is 17.7 Å². The van der Waals surface area contributed by atoms with E-state index in [1.807, 2.05) is 12.1 Å². The highest BCUT2D eigenvalue weighted by atomic mass is 19.1. The van der Waals surface area contributed by atoms with Crippen LogP contribution >= 0.6 is 0 Å². The Hall–Kier alpha value is -2.20. The number of aromatic nitrogens is 2. The van der Waals surface area contributed by atoms with Crippen LogP contribution in [0.5, 0.6) is 0 Å². The van der Waals surface area contributed by atoms with Gasteiger partial charge < -0.3 is 10.3 Å². The molecule has 0 aliphatic carbocycles. The summed E-state index contributed by atoms with van der Waals surface area (Å²) in [4.78, 5) is 4.64. The van der Waals surface area contributed by atoms with Gasteiger partial charge in [0, 0.05) is 18.2 Å². The van der Waals surface area contributed by atoms with Crippen LogP contribution in [0.2, 0.25) is 0 Å².